The second-order valence-electron chi connectivity index (χ2n) is 6.33. The highest BCUT2D eigenvalue weighted by Gasteiger charge is 1.98. The predicted octanol–water partition coefficient (Wildman–Crippen LogP) is 3.23. The molecule has 0 bridgehead atoms. The zero-order valence-electron chi connectivity index (χ0n) is 17.5. The molecular weight excluding hydrogens is 268 g/mol. The van der Waals surface area contributed by atoms with Gasteiger partial charge in [-0.2, -0.15) is 0 Å². The molecule has 0 aromatic carbocycles. The van der Waals surface area contributed by atoms with Gasteiger partial charge in [0.05, 0.1) is 40.3 Å². The maximum absolute atomic E-state index is 2.30. The Morgan fingerprint density at radius 2 is 0.636 bits per heavy atom. The van der Waals surface area contributed by atoms with Gasteiger partial charge in [0.25, 0.3) is 0 Å². The van der Waals surface area contributed by atoms with Crippen LogP contribution in [-0.4, -0.2) is 40.3 Å². The minimum atomic E-state index is 1.34. The summed E-state index contributed by atoms with van der Waals surface area (Å²) in [5, 5.41) is 0. The van der Waals surface area contributed by atoms with E-state index in [0.717, 1.165) is 0 Å². The van der Waals surface area contributed by atoms with Crippen LogP contribution in [0.5, 0.6) is 0 Å². The van der Waals surface area contributed by atoms with E-state index in [0.29, 0.717) is 0 Å². The maximum Gasteiger partial charge on any atom is 0.0768 e. The predicted molar refractivity (Wildman–Crippen MR) is 104 cm³/mol. The molecule has 0 spiro atoms. The molecule has 2 heteroatoms. The van der Waals surface area contributed by atoms with Gasteiger partial charge in [0.2, 0.25) is 0 Å². The molecule has 0 rings (SSSR count). The van der Waals surface area contributed by atoms with Gasteiger partial charge in [-0.05, 0) is 25.7 Å². The standard InChI is InChI=1S/2C9H21N.C2H6/c2*1-4-6-8-10(3)9-7-5-2;1-2/h2*4-9H2,1-3H3;1-2H3/p+2. The maximum atomic E-state index is 2.30. The fourth-order valence-electron chi connectivity index (χ4n) is 2.16. The lowest BCUT2D eigenvalue weighted by atomic mass is 10.3. The molecule has 138 valence electrons. The van der Waals surface area contributed by atoms with E-state index < -0.39 is 0 Å². The summed E-state index contributed by atoms with van der Waals surface area (Å²) in [5.74, 6) is 0. The van der Waals surface area contributed by atoms with Crippen molar-refractivity contribution >= 4 is 0 Å². The minimum Gasteiger partial charge on any atom is -0.337 e. The molecule has 0 aromatic heterocycles. The zero-order valence-corrected chi connectivity index (χ0v) is 17.5. The molecule has 22 heavy (non-hydrogen) atoms. The molecule has 0 fully saturated rings. The monoisotopic (exact) mass is 318 g/mol. The Kier molecular flexibility index (Phi) is 31.5. The smallest absolute Gasteiger partial charge is 0.0768 e. The Balaban J connectivity index is -0.000000294. The molecule has 0 saturated heterocycles. The molecule has 2 nitrogen and oxygen atoms in total. The lowest BCUT2D eigenvalue weighted by Gasteiger charge is -2.11. The highest BCUT2D eigenvalue weighted by molar-refractivity contribution is 4.32. The Hall–Kier alpha value is -0.0800. The summed E-state index contributed by atoms with van der Waals surface area (Å²) >= 11 is 0. The van der Waals surface area contributed by atoms with Crippen molar-refractivity contribution < 1.29 is 9.80 Å². The van der Waals surface area contributed by atoms with Crippen molar-refractivity contribution in [3.8, 4) is 0 Å². The first-order valence-electron chi connectivity index (χ1n) is 10.2. The molecule has 0 unspecified atom stereocenters. The Bertz CT molecular complexity index is 126. The number of hydrogen-bond acceptors (Lipinski definition) is 0. The molecule has 2 N–H and O–H groups in total. The summed E-state index contributed by atoms with van der Waals surface area (Å²) in [7, 11) is 4.59. The van der Waals surface area contributed by atoms with Crippen LogP contribution in [0.2, 0.25) is 0 Å². The van der Waals surface area contributed by atoms with E-state index in [1.54, 1.807) is 9.80 Å². The minimum absolute atomic E-state index is 1.34. The second-order valence-corrected chi connectivity index (χ2v) is 6.33. The van der Waals surface area contributed by atoms with Crippen molar-refractivity contribution in [2.24, 2.45) is 0 Å². The van der Waals surface area contributed by atoms with Crippen LogP contribution in [0.25, 0.3) is 0 Å². The number of nitrogens with one attached hydrogen (secondary N) is 2. The first-order chi connectivity index (χ1) is 10.6. The highest BCUT2D eigenvalue weighted by Crippen LogP contribution is 1.82. The van der Waals surface area contributed by atoms with Gasteiger partial charge in [-0.1, -0.05) is 67.2 Å². The fourth-order valence-corrected chi connectivity index (χ4v) is 2.16. The van der Waals surface area contributed by atoms with Gasteiger partial charge in [-0.3, -0.25) is 0 Å². The van der Waals surface area contributed by atoms with Gasteiger partial charge in [-0.25, -0.2) is 0 Å². The summed E-state index contributed by atoms with van der Waals surface area (Å²) in [6, 6.07) is 0. The first kappa shape index (κ1) is 26.8. The van der Waals surface area contributed by atoms with E-state index in [1.165, 1.54) is 77.5 Å². The summed E-state index contributed by atoms with van der Waals surface area (Å²) in [6.07, 6.45) is 10.9. The first-order valence-corrected chi connectivity index (χ1v) is 10.2. The van der Waals surface area contributed by atoms with Crippen molar-refractivity contribution in [3.63, 3.8) is 0 Å². The number of hydrogen-bond donors (Lipinski definition) is 2. The van der Waals surface area contributed by atoms with Crippen LogP contribution >= 0.6 is 0 Å². The van der Waals surface area contributed by atoms with Gasteiger partial charge in [0.15, 0.2) is 0 Å². The van der Waals surface area contributed by atoms with Crippen LogP contribution in [-0.2, 0) is 0 Å². The average Bonchev–Trinajstić information content (AvgIpc) is 2.56. The van der Waals surface area contributed by atoms with Gasteiger partial charge >= 0.3 is 0 Å². The van der Waals surface area contributed by atoms with Crippen LogP contribution in [0.1, 0.15) is 92.9 Å². The van der Waals surface area contributed by atoms with Crippen molar-refractivity contribution in [2.75, 3.05) is 40.3 Å². The van der Waals surface area contributed by atoms with E-state index >= 15 is 0 Å². The molecule has 0 radical (unpaired) electrons. The lowest BCUT2D eigenvalue weighted by Crippen LogP contribution is -3.08. The van der Waals surface area contributed by atoms with Crippen LogP contribution in [0.3, 0.4) is 0 Å². The summed E-state index contributed by atoms with van der Waals surface area (Å²) in [4.78, 5) is 3.40. The molecular formula is C20H50N2+2. The largest absolute Gasteiger partial charge is 0.337 e. The van der Waals surface area contributed by atoms with E-state index in [9.17, 15) is 0 Å². The highest BCUT2D eigenvalue weighted by atomic mass is 15.1. The number of quaternary nitrogens is 2. The SMILES string of the molecule is CC.CCCC[NH+](C)CCCC.CCCC[NH+](C)CCCC. The molecule has 0 aliphatic rings. The van der Waals surface area contributed by atoms with Crippen LogP contribution in [0, 0.1) is 0 Å². The molecule has 0 aliphatic carbocycles. The zero-order chi connectivity index (χ0) is 17.6. The second kappa shape index (κ2) is 25.9. The summed E-state index contributed by atoms with van der Waals surface area (Å²) in [6.45, 7) is 18.5. The Morgan fingerprint density at radius 1 is 0.455 bits per heavy atom. The molecule has 0 aromatic rings. The fraction of sp³-hybridized carbons (Fsp3) is 1.00. The Morgan fingerprint density at radius 3 is 0.773 bits per heavy atom. The van der Waals surface area contributed by atoms with E-state index in [1.807, 2.05) is 13.8 Å². The van der Waals surface area contributed by atoms with Crippen molar-refractivity contribution in [1.29, 1.82) is 0 Å². The normalized spacial score (nSPS) is 10.1. The molecule has 0 amide bonds. The van der Waals surface area contributed by atoms with Crippen molar-refractivity contribution in [2.45, 2.75) is 92.9 Å². The van der Waals surface area contributed by atoms with Gasteiger partial charge in [0.1, 0.15) is 0 Å². The number of unbranched alkanes of at least 4 members (excludes halogenated alkanes) is 4. The van der Waals surface area contributed by atoms with Crippen LogP contribution in [0.15, 0.2) is 0 Å². The van der Waals surface area contributed by atoms with E-state index in [-0.39, 0.29) is 0 Å². The average molecular weight is 319 g/mol. The van der Waals surface area contributed by atoms with Gasteiger partial charge in [0, 0.05) is 0 Å². The lowest BCUT2D eigenvalue weighted by molar-refractivity contribution is -0.880. The van der Waals surface area contributed by atoms with E-state index in [4.69, 9.17) is 0 Å². The molecule has 0 aliphatic heterocycles. The molecule has 0 atom stereocenters. The van der Waals surface area contributed by atoms with Crippen molar-refractivity contribution in [1.82, 2.24) is 0 Å². The summed E-state index contributed by atoms with van der Waals surface area (Å²) in [5.41, 5.74) is 0. The third kappa shape index (κ3) is 28.1. The van der Waals surface area contributed by atoms with Gasteiger partial charge < -0.3 is 9.80 Å². The molecule has 0 heterocycles. The quantitative estimate of drug-likeness (QED) is 0.547. The van der Waals surface area contributed by atoms with Gasteiger partial charge in [-0.15, -0.1) is 0 Å². The van der Waals surface area contributed by atoms with Crippen LogP contribution < -0.4 is 9.80 Å². The summed E-state index contributed by atoms with van der Waals surface area (Å²) < 4.78 is 0. The third-order valence-electron chi connectivity index (χ3n) is 3.83. The third-order valence-corrected chi connectivity index (χ3v) is 3.83. The molecule has 0 saturated carbocycles. The number of rotatable bonds is 12. The van der Waals surface area contributed by atoms with Crippen molar-refractivity contribution in [3.05, 3.63) is 0 Å². The Labute approximate surface area is 143 Å². The topological polar surface area (TPSA) is 8.88 Å². The van der Waals surface area contributed by atoms with E-state index in [2.05, 4.69) is 41.8 Å². The van der Waals surface area contributed by atoms with Crippen LogP contribution in [0.4, 0.5) is 0 Å².